The van der Waals surface area contributed by atoms with Gasteiger partial charge in [0.1, 0.15) is 0 Å². The first kappa shape index (κ1) is 23.3. The summed E-state index contributed by atoms with van der Waals surface area (Å²) < 4.78 is 32.9. The molecule has 0 saturated carbocycles. The fourth-order valence-electron chi connectivity index (χ4n) is 3.51. The molecular formula is C26H27NO4S. The van der Waals surface area contributed by atoms with Gasteiger partial charge in [0, 0.05) is 11.6 Å². The van der Waals surface area contributed by atoms with Gasteiger partial charge in [-0.3, -0.25) is 0 Å². The Morgan fingerprint density at radius 2 is 1.59 bits per heavy atom. The minimum absolute atomic E-state index is 0.238. The number of nitrogens with zero attached hydrogens (tertiary/aromatic N) is 1. The van der Waals surface area contributed by atoms with Gasteiger partial charge in [-0.2, -0.15) is 0 Å². The van der Waals surface area contributed by atoms with Crippen molar-refractivity contribution in [2.75, 3.05) is 6.61 Å². The maximum absolute atomic E-state index is 13.2. The number of benzene rings is 3. The molecule has 0 atom stereocenters. The molecule has 0 amide bonds. The Morgan fingerprint density at radius 1 is 0.906 bits per heavy atom. The monoisotopic (exact) mass is 449 g/mol. The molecule has 0 fully saturated rings. The number of carbonyl (C=O) groups is 1. The summed E-state index contributed by atoms with van der Waals surface area (Å²) in [5, 5.41) is 0.860. The molecule has 1 heterocycles. The third kappa shape index (κ3) is 4.75. The molecule has 5 nitrogen and oxygen atoms in total. The fraction of sp³-hybridized carbons (Fsp3) is 0.192. The second kappa shape index (κ2) is 10.3. The van der Waals surface area contributed by atoms with E-state index in [2.05, 4.69) is 0 Å². The lowest BCUT2D eigenvalue weighted by Gasteiger charge is -2.07. The van der Waals surface area contributed by atoms with E-state index >= 15 is 0 Å². The van der Waals surface area contributed by atoms with Crippen molar-refractivity contribution in [1.82, 2.24) is 3.97 Å². The van der Waals surface area contributed by atoms with Crippen molar-refractivity contribution in [2.24, 2.45) is 0 Å². The SMILES string of the molecule is CC.CCOC(=O)c1cccc(Cc2cn(S(=O)(=O)c3ccccc3)c3ccccc23)c1. The lowest BCUT2D eigenvalue weighted by Crippen LogP contribution is -2.11. The van der Waals surface area contributed by atoms with E-state index in [0.717, 1.165) is 16.5 Å². The summed E-state index contributed by atoms with van der Waals surface area (Å²) in [6, 6.07) is 23.0. The quantitative estimate of drug-likeness (QED) is 0.356. The van der Waals surface area contributed by atoms with Crippen LogP contribution in [0.5, 0.6) is 0 Å². The third-order valence-corrected chi connectivity index (χ3v) is 6.58. The van der Waals surface area contributed by atoms with Crippen LogP contribution >= 0.6 is 0 Å². The molecular weight excluding hydrogens is 422 g/mol. The standard InChI is InChI=1S/C24H21NO4S.C2H6/c1-2-29-24(26)19-10-8-9-18(15-19)16-20-17-25(23-14-7-6-13-22(20)23)30(27,28)21-11-4-3-5-12-21;1-2/h3-15,17H,2,16H2,1H3;1-2H3. The molecule has 166 valence electrons. The maximum Gasteiger partial charge on any atom is 0.338 e. The summed E-state index contributed by atoms with van der Waals surface area (Å²) in [7, 11) is -3.72. The van der Waals surface area contributed by atoms with Crippen LogP contribution in [0.15, 0.2) is 90.0 Å². The summed E-state index contributed by atoms with van der Waals surface area (Å²) >= 11 is 0. The Bertz CT molecular complexity index is 1310. The van der Waals surface area contributed by atoms with E-state index in [1.54, 1.807) is 61.7 Å². The van der Waals surface area contributed by atoms with Gasteiger partial charge in [0.05, 0.1) is 22.6 Å². The van der Waals surface area contributed by atoms with Gasteiger partial charge in [-0.25, -0.2) is 17.2 Å². The van der Waals surface area contributed by atoms with Crippen LogP contribution in [0.4, 0.5) is 0 Å². The van der Waals surface area contributed by atoms with Gasteiger partial charge in [-0.05, 0) is 54.8 Å². The van der Waals surface area contributed by atoms with Crippen molar-refractivity contribution in [1.29, 1.82) is 0 Å². The first-order valence-electron chi connectivity index (χ1n) is 10.7. The van der Waals surface area contributed by atoms with Crippen molar-refractivity contribution >= 4 is 26.9 Å². The number of ether oxygens (including phenoxy) is 1. The van der Waals surface area contributed by atoms with E-state index in [4.69, 9.17) is 4.74 Å². The third-order valence-electron chi connectivity index (χ3n) is 4.89. The maximum atomic E-state index is 13.2. The van der Waals surface area contributed by atoms with Crippen LogP contribution in [-0.4, -0.2) is 25.0 Å². The zero-order valence-corrected chi connectivity index (χ0v) is 19.3. The molecule has 0 aliphatic heterocycles. The van der Waals surface area contributed by atoms with Gasteiger partial charge < -0.3 is 4.74 Å². The molecule has 0 aliphatic carbocycles. The van der Waals surface area contributed by atoms with Gasteiger partial charge in [-0.1, -0.05) is 62.4 Å². The van der Waals surface area contributed by atoms with Crippen molar-refractivity contribution < 1.29 is 17.9 Å². The number of aromatic nitrogens is 1. The van der Waals surface area contributed by atoms with Gasteiger partial charge in [-0.15, -0.1) is 0 Å². The van der Waals surface area contributed by atoms with E-state index in [1.807, 2.05) is 44.2 Å². The van der Waals surface area contributed by atoms with Gasteiger partial charge >= 0.3 is 5.97 Å². The van der Waals surface area contributed by atoms with Crippen molar-refractivity contribution in [3.05, 3.63) is 102 Å². The van der Waals surface area contributed by atoms with E-state index in [9.17, 15) is 13.2 Å². The normalized spacial score (nSPS) is 11.0. The number of fused-ring (bicyclic) bond motifs is 1. The highest BCUT2D eigenvalue weighted by Crippen LogP contribution is 2.28. The molecule has 0 N–H and O–H groups in total. The number of rotatable bonds is 6. The summed E-state index contributed by atoms with van der Waals surface area (Å²) in [6.07, 6.45) is 2.16. The Labute approximate surface area is 189 Å². The second-order valence-corrected chi connectivity index (χ2v) is 8.70. The molecule has 0 aliphatic rings. The summed E-state index contributed by atoms with van der Waals surface area (Å²) in [4.78, 5) is 12.3. The fourth-order valence-corrected chi connectivity index (χ4v) is 4.92. The molecule has 0 saturated heterocycles. The number of hydrogen-bond acceptors (Lipinski definition) is 4. The lowest BCUT2D eigenvalue weighted by molar-refractivity contribution is 0.0526. The molecule has 6 heteroatoms. The van der Waals surface area contributed by atoms with Crippen LogP contribution in [0, 0.1) is 0 Å². The summed E-state index contributed by atoms with van der Waals surface area (Å²) in [5.41, 5.74) is 2.87. The average molecular weight is 450 g/mol. The van der Waals surface area contributed by atoms with Crippen molar-refractivity contribution in [3.8, 4) is 0 Å². The molecule has 0 bridgehead atoms. The predicted molar refractivity (Wildman–Crippen MR) is 128 cm³/mol. The summed E-state index contributed by atoms with van der Waals surface area (Å²) in [5.74, 6) is -0.367. The smallest absolute Gasteiger partial charge is 0.338 e. The van der Waals surface area contributed by atoms with Crippen LogP contribution < -0.4 is 0 Å². The van der Waals surface area contributed by atoms with Gasteiger partial charge in [0.2, 0.25) is 0 Å². The largest absolute Gasteiger partial charge is 0.462 e. The van der Waals surface area contributed by atoms with E-state index < -0.39 is 10.0 Å². The number of para-hydroxylation sites is 1. The van der Waals surface area contributed by atoms with Gasteiger partial charge in [0.25, 0.3) is 10.0 Å². The molecule has 4 rings (SSSR count). The zero-order valence-electron chi connectivity index (χ0n) is 18.5. The van der Waals surface area contributed by atoms with Gasteiger partial charge in [0.15, 0.2) is 0 Å². The number of esters is 1. The Hall–Kier alpha value is -3.38. The highest BCUT2D eigenvalue weighted by molar-refractivity contribution is 7.90. The van der Waals surface area contributed by atoms with Crippen LogP contribution in [-0.2, 0) is 21.2 Å². The highest BCUT2D eigenvalue weighted by Gasteiger charge is 2.21. The molecule has 0 radical (unpaired) electrons. The number of carbonyl (C=O) groups excluding carboxylic acids is 1. The minimum Gasteiger partial charge on any atom is -0.462 e. The molecule has 3 aromatic carbocycles. The average Bonchev–Trinajstić information content (AvgIpc) is 3.20. The minimum atomic E-state index is -3.72. The second-order valence-electron chi connectivity index (χ2n) is 6.88. The van der Waals surface area contributed by atoms with Crippen LogP contribution in [0.1, 0.15) is 42.3 Å². The first-order chi connectivity index (χ1) is 15.5. The topological polar surface area (TPSA) is 65.4 Å². The Balaban J connectivity index is 0.00000141. The van der Waals surface area contributed by atoms with Crippen LogP contribution in [0.2, 0.25) is 0 Å². The molecule has 32 heavy (non-hydrogen) atoms. The van der Waals surface area contributed by atoms with E-state index in [-0.39, 0.29) is 10.9 Å². The highest BCUT2D eigenvalue weighted by atomic mass is 32.2. The number of hydrogen-bond donors (Lipinski definition) is 0. The van der Waals surface area contributed by atoms with Crippen molar-refractivity contribution in [3.63, 3.8) is 0 Å². The zero-order chi connectivity index (χ0) is 23.1. The van der Waals surface area contributed by atoms with E-state index in [0.29, 0.717) is 24.1 Å². The Morgan fingerprint density at radius 3 is 2.31 bits per heavy atom. The first-order valence-corrected chi connectivity index (χ1v) is 12.1. The predicted octanol–water partition coefficient (Wildman–Crippen LogP) is 5.67. The van der Waals surface area contributed by atoms with Crippen molar-refractivity contribution in [2.45, 2.75) is 32.1 Å². The molecule has 1 aromatic heterocycles. The van der Waals surface area contributed by atoms with Crippen LogP contribution in [0.3, 0.4) is 0 Å². The molecule has 4 aromatic rings. The Kier molecular flexibility index (Phi) is 7.49. The van der Waals surface area contributed by atoms with Crippen LogP contribution in [0.25, 0.3) is 10.9 Å². The molecule has 0 spiro atoms. The lowest BCUT2D eigenvalue weighted by atomic mass is 10.0. The summed E-state index contributed by atoms with van der Waals surface area (Å²) in [6.45, 7) is 6.08. The van der Waals surface area contributed by atoms with E-state index in [1.165, 1.54) is 3.97 Å². The molecule has 0 unspecified atom stereocenters.